The number of hydrogen-bond acceptors (Lipinski definition) is 3. The van der Waals surface area contributed by atoms with E-state index in [-0.39, 0.29) is 5.91 Å². The molecule has 1 atom stereocenters. The smallest absolute Gasteiger partial charge is 0.269 e. The molecule has 2 rings (SSSR count). The van der Waals surface area contributed by atoms with Crippen LogP contribution in [0.5, 0.6) is 0 Å². The van der Waals surface area contributed by atoms with Gasteiger partial charge in [-0.1, -0.05) is 6.07 Å². The molecule has 1 amide bonds. The quantitative estimate of drug-likeness (QED) is 0.849. The Kier molecular flexibility index (Phi) is 3.74. The SMILES string of the molecule is Cc1cccc(C(=O)NCC2CCN(C)C2)n1. The first-order chi connectivity index (χ1) is 8.15. The fraction of sp³-hybridized carbons (Fsp3) is 0.538. The van der Waals surface area contributed by atoms with Crippen LogP contribution in [0.3, 0.4) is 0 Å². The monoisotopic (exact) mass is 233 g/mol. The van der Waals surface area contributed by atoms with Crippen LogP contribution in [-0.4, -0.2) is 42.5 Å². The first-order valence-corrected chi connectivity index (χ1v) is 6.05. The van der Waals surface area contributed by atoms with Crippen molar-refractivity contribution in [2.45, 2.75) is 13.3 Å². The van der Waals surface area contributed by atoms with E-state index >= 15 is 0 Å². The maximum Gasteiger partial charge on any atom is 0.269 e. The average Bonchev–Trinajstić information content (AvgIpc) is 2.72. The minimum absolute atomic E-state index is 0.0664. The van der Waals surface area contributed by atoms with E-state index in [1.165, 1.54) is 0 Å². The van der Waals surface area contributed by atoms with E-state index in [0.29, 0.717) is 11.6 Å². The van der Waals surface area contributed by atoms with Gasteiger partial charge < -0.3 is 10.2 Å². The molecular formula is C13H19N3O. The van der Waals surface area contributed by atoms with Gasteiger partial charge >= 0.3 is 0 Å². The van der Waals surface area contributed by atoms with Crippen LogP contribution < -0.4 is 5.32 Å². The Morgan fingerprint density at radius 3 is 3.06 bits per heavy atom. The molecule has 0 aromatic carbocycles. The third kappa shape index (κ3) is 3.27. The van der Waals surface area contributed by atoms with Crippen LogP contribution in [0.2, 0.25) is 0 Å². The highest BCUT2D eigenvalue weighted by Gasteiger charge is 2.20. The van der Waals surface area contributed by atoms with Gasteiger partial charge in [-0.05, 0) is 45.0 Å². The number of rotatable bonds is 3. The average molecular weight is 233 g/mol. The van der Waals surface area contributed by atoms with Crippen molar-refractivity contribution >= 4 is 5.91 Å². The summed E-state index contributed by atoms with van der Waals surface area (Å²) in [6.07, 6.45) is 1.16. The van der Waals surface area contributed by atoms with Crippen molar-refractivity contribution in [3.8, 4) is 0 Å². The molecule has 0 saturated carbocycles. The number of pyridine rings is 1. The molecule has 1 N–H and O–H groups in total. The van der Waals surface area contributed by atoms with Gasteiger partial charge in [-0.3, -0.25) is 4.79 Å². The topological polar surface area (TPSA) is 45.2 Å². The number of nitrogens with one attached hydrogen (secondary N) is 1. The summed E-state index contributed by atoms with van der Waals surface area (Å²) in [6, 6.07) is 5.51. The number of aryl methyl sites for hydroxylation is 1. The molecule has 92 valence electrons. The number of aromatic nitrogens is 1. The Labute approximate surface area is 102 Å². The zero-order chi connectivity index (χ0) is 12.3. The minimum atomic E-state index is -0.0664. The van der Waals surface area contributed by atoms with Gasteiger partial charge in [0.15, 0.2) is 0 Å². The number of likely N-dealkylation sites (tertiary alicyclic amines) is 1. The molecule has 0 radical (unpaired) electrons. The number of amides is 1. The van der Waals surface area contributed by atoms with Crippen molar-refractivity contribution in [1.29, 1.82) is 0 Å². The second-order valence-electron chi connectivity index (χ2n) is 4.79. The van der Waals surface area contributed by atoms with E-state index in [1.54, 1.807) is 6.07 Å². The molecule has 4 nitrogen and oxygen atoms in total. The zero-order valence-corrected chi connectivity index (χ0v) is 10.4. The van der Waals surface area contributed by atoms with Gasteiger partial charge in [0.05, 0.1) is 0 Å². The molecule has 1 unspecified atom stereocenters. The maximum absolute atomic E-state index is 11.8. The van der Waals surface area contributed by atoms with Crippen LogP contribution in [0.1, 0.15) is 22.6 Å². The Hall–Kier alpha value is -1.42. The van der Waals surface area contributed by atoms with E-state index in [1.807, 2.05) is 19.1 Å². The molecule has 1 fully saturated rings. The van der Waals surface area contributed by atoms with Crippen LogP contribution in [0, 0.1) is 12.8 Å². The Bertz CT molecular complexity index is 405. The highest BCUT2D eigenvalue weighted by atomic mass is 16.1. The van der Waals surface area contributed by atoms with E-state index in [9.17, 15) is 4.79 Å². The lowest BCUT2D eigenvalue weighted by Crippen LogP contribution is -2.31. The Morgan fingerprint density at radius 2 is 2.41 bits per heavy atom. The Morgan fingerprint density at radius 1 is 1.59 bits per heavy atom. The highest BCUT2D eigenvalue weighted by Crippen LogP contribution is 2.12. The summed E-state index contributed by atoms with van der Waals surface area (Å²) in [7, 11) is 2.12. The van der Waals surface area contributed by atoms with Crippen molar-refractivity contribution in [2.75, 3.05) is 26.7 Å². The number of hydrogen-bond donors (Lipinski definition) is 1. The maximum atomic E-state index is 11.8. The molecule has 0 bridgehead atoms. The second kappa shape index (κ2) is 5.27. The standard InChI is InChI=1S/C13H19N3O/c1-10-4-3-5-12(15-10)13(17)14-8-11-6-7-16(2)9-11/h3-5,11H,6-9H2,1-2H3,(H,14,17). The summed E-state index contributed by atoms with van der Waals surface area (Å²) in [5.41, 5.74) is 1.38. The zero-order valence-electron chi connectivity index (χ0n) is 10.4. The molecule has 4 heteroatoms. The summed E-state index contributed by atoms with van der Waals surface area (Å²) in [6.45, 7) is 4.84. The van der Waals surface area contributed by atoms with Crippen LogP contribution >= 0.6 is 0 Å². The van der Waals surface area contributed by atoms with Crippen LogP contribution in [0.25, 0.3) is 0 Å². The van der Waals surface area contributed by atoms with Gasteiger partial charge in [-0.2, -0.15) is 0 Å². The first-order valence-electron chi connectivity index (χ1n) is 6.05. The molecule has 0 spiro atoms. The van der Waals surface area contributed by atoms with Crippen molar-refractivity contribution in [3.05, 3.63) is 29.6 Å². The molecule has 1 aromatic rings. The van der Waals surface area contributed by atoms with Gasteiger partial charge in [-0.25, -0.2) is 4.98 Å². The molecular weight excluding hydrogens is 214 g/mol. The summed E-state index contributed by atoms with van der Waals surface area (Å²) >= 11 is 0. The highest BCUT2D eigenvalue weighted by molar-refractivity contribution is 5.92. The van der Waals surface area contributed by atoms with Gasteiger partial charge in [0, 0.05) is 18.8 Å². The lowest BCUT2D eigenvalue weighted by Gasteiger charge is -2.11. The van der Waals surface area contributed by atoms with Crippen molar-refractivity contribution in [1.82, 2.24) is 15.2 Å². The van der Waals surface area contributed by atoms with Gasteiger partial charge in [-0.15, -0.1) is 0 Å². The third-order valence-corrected chi connectivity index (χ3v) is 3.16. The molecule has 2 heterocycles. The molecule has 1 aliphatic rings. The summed E-state index contributed by atoms with van der Waals surface area (Å²) in [5.74, 6) is 0.511. The number of carbonyl (C=O) groups excluding carboxylic acids is 1. The predicted molar refractivity (Wildman–Crippen MR) is 66.9 cm³/mol. The van der Waals surface area contributed by atoms with E-state index in [2.05, 4.69) is 22.2 Å². The summed E-state index contributed by atoms with van der Waals surface area (Å²) in [4.78, 5) is 18.4. The molecule has 1 aromatic heterocycles. The predicted octanol–water partition coefficient (Wildman–Crippen LogP) is 1.07. The minimum Gasteiger partial charge on any atom is -0.350 e. The van der Waals surface area contributed by atoms with E-state index in [0.717, 1.165) is 31.7 Å². The fourth-order valence-corrected chi connectivity index (χ4v) is 2.19. The lowest BCUT2D eigenvalue weighted by molar-refractivity contribution is 0.0942. The van der Waals surface area contributed by atoms with Crippen LogP contribution in [0.15, 0.2) is 18.2 Å². The second-order valence-corrected chi connectivity index (χ2v) is 4.79. The lowest BCUT2D eigenvalue weighted by atomic mass is 10.1. The van der Waals surface area contributed by atoms with Crippen LogP contribution in [-0.2, 0) is 0 Å². The van der Waals surface area contributed by atoms with Crippen molar-refractivity contribution in [2.24, 2.45) is 5.92 Å². The fourth-order valence-electron chi connectivity index (χ4n) is 2.19. The van der Waals surface area contributed by atoms with E-state index in [4.69, 9.17) is 0 Å². The molecule has 1 aliphatic heterocycles. The normalized spacial score (nSPS) is 20.5. The van der Waals surface area contributed by atoms with Crippen molar-refractivity contribution < 1.29 is 4.79 Å². The summed E-state index contributed by atoms with van der Waals surface area (Å²) < 4.78 is 0. The van der Waals surface area contributed by atoms with Gasteiger partial charge in [0.2, 0.25) is 0 Å². The van der Waals surface area contributed by atoms with Gasteiger partial charge in [0.25, 0.3) is 5.91 Å². The first kappa shape index (κ1) is 12.0. The van der Waals surface area contributed by atoms with Gasteiger partial charge in [0.1, 0.15) is 5.69 Å². The van der Waals surface area contributed by atoms with Crippen molar-refractivity contribution in [3.63, 3.8) is 0 Å². The van der Waals surface area contributed by atoms with E-state index < -0.39 is 0 Å². The molecule has 0 aliphatic carbocycles. The number of carbonyl (C=O) groups is 1. The largest absolute Gasteiger partial charge is 0.350 e. The van der Waals surface area contributed by atoms with Crippen LogP contribution in [0.4, 0.5) is 0 Å². The molecule has 1 saturated heterocycles. The third-order valence-electron chi connectivity index (χ3n) is 3.16. The number of nitrogens with zero attached hydrogens (tertiary/aromatic N) is 2. The summed E-state index contributed by atoms with van der Waals surface area (Å²) in [5, 5.41) is 2.96. The Balaban J connectivity index is 1.85. The molecule has 17 heavy (non-hydrogen) atoms.